The van der Waals surface area contributed by atoms with Gasteiger partial charge in [0, 0.05) is 10.5 Å². The van der Waals surface area contributed by atoms with Gasteiger partial charge in [-0.25, -0.2) is 0 Å². The number of aromatic nitrogens is 1. The van der Waals surface area contributed by atoms with Gasteiger partial charge in [-0.15, -0.1) is 0 Å². The number of nitrogens with zero attached hydrogens (tertiary/aromatic N) is 1. The largest absolute Gasteiger partial charge is 0.487 e. The van der Waals surface area contributed by atoms with Crippen LogP contribution in [0.25, 0.3) is 0 Å². The van der Waals surface area contributed by atoms with Crippen LogP contribution in [0.2, 0.25) is 0 Å². The summed E-state index contributed by atoms with van der Waals surface area (Å²) in [5.41, 5.74) is 0.983. The van der Waals surface area contributed by atoms with Gasteiger partial charge >= 0.3 is 0 Å². The fraction of sp³-hybridized carbons (Fsp3) is 0.545. The molecule has 0 aromatic carbocycles. The summed E-state index contributed by atoms with van der Waals surface area (Å²) < 4.78 is 6.79. The molecule has 2 rings (SSSR count). The Bertz CT molecular complexity index is 352. The van der Waals surface area contributed by atoms with Crippen LogP contribution in [0.4, 0.5) is 0 Å². The van der Waals surface area contributed by atoms with Crippen LogP contribution in [0.3, 0.4) is 0 Å². The summed E-state index contributed by atoms with van der Waals surface area (Å²) in [5, 5.41) is 3.33. The molecule has 0 spiro atoms. The van der Waals surface area contributed by atoms with Crippen molar-refractivity contribution in [1.82, 2.24) is 10.3 Å². The zero-order valence-electron chi connectivity index (χ0n) is 8.96. The van der Waals surface area contributed by atoms with E-state index >= 15 is 0 Å². The maximum atomic E-state index is 5.80. The van der Waals surface area contributed by atoms with E-state index in [-0.39, 0.29) is 6.10 Å². The number of hydrogen-bond donors (Lipinski definition) is 1. The van der Waals surface area contributed by atoms with Gasteiger partial charge in [-0.3, -0.25) is 4.98 Å². The lowest BCUT2D eigenvalue weighted by Crippen LogP contribution is -2.51. The van der Waals surface area contributed by atoms with Crippen molar-refractivity contribution in [3.63, 3.8) is 0 Å². The van der Waals surface area contributed by atoms with Gasteiger partial charge in [0.15, 0.2) is 0 Å². The minimum absolute atomic E-state index is 0.204. The van der Waals surface area contributed by atoms with Crippen LogP contribution in [0.15, 0.2) is 16.7 Å². The Morgan fingerprint density at radius 3 is 2.93 bits per heavy atom. The molecule has 0 aliphatic carbocycles. The number of aryl methyl sites for hydroxylation is 1. The smallest absolute Gasteiger partial charge is 0.139 e. The fourth-order valence-corrected chi connectivity index (χ4v) is 1.89. The Morgan fingerprint density at radius 1 is 1.67 bits per heavy atom. The van der Waals surface area contributed by atoms with Crippen molar-refractivity contribution in [1.29, 1.82) is 0 Å². The van der Waals surface area contributed by atoms with Crippen LogP contribution in [0, 0.1) is 6.92 Å². The molecular weight excluding hydrogens is 256 g/mol. The lowest BCUT2D eigenvalue weighted by Gasteiger charge is -2.33. The quantitative estimate of drug-likeness (QED) is 0.915. The second kappa shape index (κ2) is 4.49. The Labute approximate surface area is 98.4 Å². The molecule has 0 radical (unpaired) electrons. The second-order valence-electron chi connectivity index (χ2n) is 3.91. The van der Waals surface area contributed by atoms with E-state index in [0.717, 1.165) is 22.5 Å². The summed E-state index contributed by atoms with van der Waals surface area (Å²) in [7, 11) is 0. The summed E-state index contributed by atoms with van der Waals surface area (Å²) in [4.78, 5) is 4.24. The molecule has 1 unspecified atom stereocenters. The Balaban J connectivity index is 2.00. The summed E-state index contributed by atoms with van der Waals surface area (Å²) in [6, 6.07) is 2.46. The van der Waals surface area contributed by atoms with Gasteiger partial charge in [-0.1, -0.05) is 0 Å². The SMILES string of the molecule is Cc1ncc(OC(C)[C@@H]2CCN2)cc1Br. The number of nitrogens with one attached hydrogen (secondary N) is 1. The van der Waals surface area contributed by atoms with Crippen molar-refractivity contribution < 1.29 is 4.74 Å². The third kappa shape index (κ3) is 2.49. The van der Waals surface area contributed by atoms with E-state index in [1.807, 2.05) is 13.0 Å². The van der Waals surface area contributed by atoms with Gasteiger partial charge in [0.25, 0.3) is 0 Å². The van der Waals surface area contributed by atoms with Crippen molar-refractivity contribution >= 4 is 15.9 Å². The van der Waals surface area contributed by atoms with E-state index in [0.29, 0.717) is 6.04 Å². The number of pyridine rings is 1. The fourth-order valence-electron chi connectivity index (χ4n) is 1.56. The zero-order chi connectivity index (χ0) is 10.8. The van der Waals surface area contributed by atoms with Gasteiger partial charge in [0.05, 0.1) is 11.9 Å². The predicted octanol–water partition coefficient (Wildman–Crippen LogP) is 2.28. The number of rotatable bonds is 3. The average Bonchev–Trinajstić information content (AvgIpc) is 2.08. The first-order valence-corrected chi connectivity index (χ1v) is 5.98. The highest BCUT2D eigenvalue weighted by Gasteiger charge is 2.24. The summed E-state index contributed by atoms with van der Waals surface area (Å²) in [5.74, 6) is 0.827. The second-order valence-corrected chi connectivity index (χ2v) is 4.76. The van der Waals surface area contributed by atoms with E-state index in [1.54, 1.807) is 6.20 Å². The van der Waals surface area contributed by atoms with Crippen molar-refractivity contribution in [3.8, 4) is 5.75 Å². The van der Waals surface area contributed by atoms with E-state index in [4.69, 9.17) is 4.74 Å². The van der Waals surface area contributed by atoms with Crippen LogP contribution in [0.1, 0.15) is 19.0 Å². The summed E-state index contributed by atoms with van der Waals surface area (Å²) in [6.45, 7) is 5.16. The standard InChI is InChI=1S/C11H15BrN2O/c1-7-10(12)5-9(6-14-7)15-8(2)11-3-4-13-11/h5-6,8,11,13H,3-4H2,1-2H3/t8?,11-/m0/s1. The molecular formula is C11H15BrN2O. The van der Waals surface area contributed by atoms with Crippen LogP contribution in [-0.4, -0.2) is 23.7 Å². The molecule has 2 heterocycles. The molecule has 4 heteroatoms. The van der Waals surface area contributed by atoms with Crippen molar-refractivity contribution in [2.45, 2.75) is 32.4 Å². The molecule has 15 heavy (non-hydrogen) atoms. The van der Waals surface area contributed by atoms with E-state index < -0.39 is 0 Å². The Kier molecular flexibility index (Phi) is 3.26. The molecule has 1 aliphatic heterocycles. The van der Waals surface area contributed by atoms with Gasteiger partial charge < -0.3 is 10.1 Å². The molecule has 1 aromatic rings. The third-order valence-electron chi connectivity index (χ3n) is 2.75. The van der Waals surface area contributed by atoms with Crippen molar-refractivity contribution in [2.75, 3.05) is 6.54 Å². The minimum Gasteiger partial charge on any atom is -0.487 e. The summed E-state index contributed by atoms with van der Waals surface area (Å²) >= 11 is 3.45. The molecule has 0 saturated carbocycles. The first-order valence-electron chi connectivity index (χ1n) is 5.19. The molecule has 0 bridgehead atoms. The molecule has 82 valence electrons. The highest BCUT2D eigenvalue weighted by atomic mass is 79.9. The predicted molar refractivity (Wildman–Crippen MR) is 63.2 cm³/mol. The topological polar surface area (TPSA) is 34.1 Å². The van der Waals surface area contributed by atoms with Gasteiger partial charge in [0.1, 0.15) is 11.9 Å². The minimum atomic E-state index is 0.204. The number of ether oxygens (including phenoxy) is 1. The molecule has 1 N–H and O–H groups in total. The Hall–Kier alpha value is -0.610. The molecule has 1 aliphatic rings. The van der Waals surface area contributed by atoms with Gasteiger partial charge in [-0.2, -0.15) is 0 Å². The molecule has 1 fully saturated rings. The van der Waals surface area contributed by atoms with Gasteiger partial charge in [-0.05, 0) is 48.8 Å². The number of halogens is 1. The first-order chi connectivity index (χ1) is 7.16. The van der Waals surface area contributed by atoms with Crippen LogP contribution >= 0.6 is 15.9 Å². The van der Waals surface area contributed by atoms with Crippen LogP contribution in [-0.2, 0) is 0 Å². The zero-order valence-corrected chi connectivity index (χ0v) is 10.5. The highest BCUT2D eigenvalue weighted by molar-refractivity contribution is 9.10. The molecule has 1 aromatic heterocycles. The van der Waals surface area contributed by atoms with Gasteiger partial charge in [0.2, 0.25) is 0 Å². The molecule has 1 saturated heterocycles. The van der Waals surface area contributed by atoms with E-state index in [2.05, 4.69) is 33.2 Å². The Morgan fingerprint density at radius 2 is 2.40 bits per heavy atom. The lowest BCUT2D eigenvalue weighted by atomic mass is 10.0. The van der Waals surface area contributed by atoms with Crippen LogP contribution < -0.4 is 10.1 Å². The summed E-state index contributed by atoms with van der Waals surface area (Å²) in [6.07, 6.45) is 3.17. The highest BCUT2D eigenvalue weighted by Crippen LogP contribution is 2.22. The lowest BCUT2D eigenvalue weighted by molar-refractivity contribution is 0.133. The van der Waals surface area contributed by atoms with E-state index in [1.165, 1.54) is 6.42 Å². The molecule has 3 nitrogen and oxygen atoms in total. The molecule has 0 amide bonds. The maximum Gasteiger partial charge on any atom is 0.139 e. The maximum absolute atomic E-state index is 5.80. The molecule has 2 atom stereocenters. The average molecular weight is 271 g/mol. The van der Waals surface area contributed by atoms with Crippen LogP contribution in [0.5, 0.6) is 5.75 Å². The third-order valence-corrected chi connectivity index (χ3v) is 3.55. The van der Waals surface area contributed by atoms with E-state index in [9.17, 15) is 0 Å². The van der Waals surface area contributed by atoms with Crippen molar-refractivity contribution in [2.24, 2.45) is 0 Å². The first kappa shape index (κ1) is 10.9. The monoisotopic (exact) mass is 270 g/mol. The van der Waals surface area contributed by atoms with Crippen molar-refractivity contribution in [3.05, 3.63) is 22.4 Å². The number of hydrogen-bond acceptors (Lipinski definition) is 3. The normalized spacial score (nSPS) is 21.9.